The summed E-state index contributed by atoms with van der Waals surface area (Å²) in [5, 5.41) is 0. The number of aromatic nitrogens is 1. The second kappa shape index (κ2) is 7.09. The van der Waals surface area contributed by atoms with Gasteiger partial charge in [-0.25, -0.2) is 9.78 Å². The predicted molar refractivity (Wildman–Crippen MR) is 95.8 cm³/mol. The maximum atomic E-state index is 12.4. The van der Waals surface area contributed by atoms with Crippen LogP contribution in [0.3, 0.4) is 0 Å². The van der Waals surface area contributed by atoms with Crippen LogP contribution in [0.5, 0.6) is 0 Å². The van der Waals surface area contributed by atoms with Crippen molar-refractivity contribution in [3.05, 3.63) is 78.0 Å². The van der Waals surface area contributed by atoms with E-state index in [1.807, 2.05) is 73.7 Å². The van der Waals surface area contributed by atoms with Crippen molar-refractivity contribution < 1.29 is 9.53 Å². The number of pyridine rings is 1. The van der Waals surface area contributed by atoms with E-state index in [1.165, 1.54) is 0 Å². The van der Waals surface area contributed by atoms with Gasteiger partial charge in [0.2, 0.25) is 0 Å². The van der Waals surface area contributed by atoms with Gasteiger partial charge < -0.3 is 4.74 Å². The van der Waals surface area contributed by atoms with Crippen LogP contribution in [0.1, 0.15) is 23.0 Å². The summed E-state index contributed by atoms with van der Waals surface area (Å²) in [6.45, 7) is 4.15. The van der Waals surface area contributed by atoms with Crippen LogP contribution in [0.15, 0.2) is 66.7 Å². The average Bonchev–Trinajstić information content (AvgIpc) is 2.62. The molecule has 0 saturated heterocycles. The minimum absolute atomic E-state index is 0.323. The van der Waals surface area contributed by atoms with E-state index < -0.39 is 5.97 Å². The molecule has 1 heterocycles. The van der Waals surface area contributed by atoms with E-state index in [-0.39, 0.29) is 0 Å². The van der Waals surface area contributed by atoms with Crippen LogP contribution in [0, 0.1) is 6.92 Å². The first-order valence-corrected chi connectivity index (χ1v) is 7.99. The van der Waals surface area contributed by atoms with Crippen molar-refractivity contribution in [3.8, 4) is 22.4 Å². The molecule has 3 aromatic rings. The number of aryl methyl sites for hydroxylation is 1. The fraction of sp³-hybridized carbons (Fsp3) is 0.143. The highest BCUT2D eigenvalue weighted by atomic mass is 16.5. The Kier molecular flexibility index (Phi) is 4.71. The fourth-order valence-electron chi connectivity index (χ4n) is 2.63. The second-order valence-electron chi connectivity index (χ2n) is 5.55. The van der Waals surface area contributed by atoms with Gasteiger partial charge >= 0.3 is 5.97 Å². The van der Waals surface area contributed by atoms with E-state index in [0.29, 0.717) is 12.3 Å². The number of ether oxygens (including phenoxy) is 1. The summed E-state index contributed by atoms with van der Waals surface area (Å²) in [5.74, 6) is -0.396. The molecule has 0 N–H and O–H groups in total. The molecule has 0 aliphatic heterocycles. The third-order valence-electron chi connectivity index (χ3n) is 3.76. The van der Waals surface area contributed by atoms with Crippen LogP contribution in [0.4, 0.5) is 0 Å². The number of benzene rings is 2. The summed E-state index contributed by atoms with van der Waals surface area (Å²) in [5.41, 5.74) is 4.97. The van der Waals surface area contributed by atoms with Gasteiger partial charge in [-0.05, 0) is 31.5 Å². The number of rotatable bonds is 4. The van der Waals surface area contributed by atoms with Gasteiger partial charge in [-0.2, -0.15) is 0 Å². The lowest BCUT2D eigenvalue weighted by molar-refractivity contribution is 0.0520. The Bertz CT molecular complexity index is 857. The number of hydrogen-bond donors (Lipinski definition) is 0. The monoisotopic (exact) mass is 317 g/mol. The lowest BCUT2D eigenvalue weighted by atomic mass is 10.0. The van der Waals surface area contributed by atoms with E-state index in [2.05, 4.69) is 4.98 Å². The standard InChI is InChI=1S/C21H19NO2/c1-3-24-21(23)20-18(17-11-7-8-15(2)14-17)12-13-19(22-20)16-9-5-4-6-10-16/h4-14H,3H2,1-2H3. The third-order valence-corrected chi connectivity index (χ3v) is 3.76. The van der Waals surface area contributed by atoms with Gasteiger partial charge in [-0.1, -0.05) is 60.2 Å². The molecule has 0 aliphatic carbocycles. The highest BCUT2D eigenvalue weighted by Gasteiger charge is 2.17. The predicted octanol–water partition coefficient (Wildman–Crippen LogP) is 4.90. The maximum absolute atomic E-state index is 12.4. The summed E-state index contributed by atoms with van der Waals surface area (Å²) in [4.78, 5) is 17.0. The topological polar surface area (TPSA) is 39.2 Å². The molecule has 0 amide bonds. The maximum Gasteiger partial charge on any atom is 0.357 e. The van der Waals surface area contributed by atoms with E-state index in [1.54, 1.807) is 6.92 Å². The summed E-state index contributed by atoms with van der Waals surface area (Å²) < 4.78 is 5.21. The first-order valence-electron chi connectivity index (χ1n) is 7.99. The quantitative estimate of drug-likeness (QED) is 0.642. The minimum atomic E-state index is -0.396. The first kappa shape index (κ1) is 15.9. The molecular formula is C21H19NO2. The molecule has 3 nitrogen and oxygen atoms in total. The van der Waals surface area contributed by atoms with Gasteiger partial charge in [0.05, 0.1) is 12.3 Å². The number of hydrogen-bond acceptors (Lipinski definition) is 3. The van der Waals surface area contributed by atoms with Gasteiger partial charge in [-0.15, -0.1) is 0 Å². The average molecular weight is 317 g/mol. The number of carbonyl (C=O) groups excluding carboxylic acids is 1. The zero-order valence-corrected chi connectivity index (χ0v) is 13.8. The SMILES string of the molecule is CCOC(=O)c1nc(-c2ccccc2)ccc1-c1cccc(C)c1. The Morgan fingerprint density at radius 3 is 2.42 bits per heavy atom. The zero-order chi connectivity index (χ0) is 16.9. The fourth-order valence-corrected chi connectivity index (χ4v) is 2.63. The van der Waals surface area contributed by atoms with E-state index in [9.17, 15) is 4.79 Å². The Morgan fingerprint density at radius 1 is 0.958 bits per heavy atom. The van der Waals surface area contributed by atoms with Crippen molar-refractivity contribution in [2.75, 3.05) is 6.61 Å². The first-order chi connectivity index (χ1) is 11.7. The van der Waals surface area contributed by atoms with Crippen LogP contribution < -0.4 is 0 Å². The second-order valence-corrected chi connectivity index (χ2v) is 5.55. The van der Waals surface area contributed by atoms with E-state index >= 15 is 0 Å². The van der Waals surface area contributed by atoms with E-state index in [4.69, 9.17) is 4.74 Å². The summed E-state index contributed by atoms with van der Waals surface area (Å²) >= 11 is 0. The molecule has 1 aromatic heterocycles. The molecule has 0 spiro atoms. The molecule has 120 valence electrons. The normalized spacial score (nSPS) is 10.4. The van der Waals surface area contributed by atoms with Crippen LogP contribution >= 0.6 is 0 Å². The molecule has 0 bridgehead atoms. The van der Waals surface area contributed by atoms with Crippen LogP contribution in [0.25, 0.3) is 22.4 Å². The molecule has 3 heteroatoms. The summed E-state index contributed by atoms with van der Waals surface area (Å²) in [7, 11) is 0. The lowest BCUT2D eigenvalue weighted by Gasteiger charge is -2.11. The molecule has 3 rings (SSSR count). The summed E-state index contributed by atoms with van der Waals surface area (Å²) in [6, 6.07) is 21.7. The Labute approximate surface area is 142 Å². The van der Waals surface area contributed by atoms with Gasteiger partial charge in [0.25, 0.3) is 0 Å². The van der Waals surface area contributed by atoms with Crippen molar-refractivity contribution in [3.63, 3.8) is 0 Å². The minimum Gasteiger partial charge on any atom is -0.461 e. The number of esters is 1. The molecule has 0 radical (unpaired) electrons. The highest BCUT2D eigenvalue weighted by molar-refractivity contribution is 5.96. The zero-order valence-electron chi connectivity index (χ0n) is 13.8. The molecular weight excluding hydrogens is 298 g/mol. The van der Waals surface area contributed by atoms with Crippen LogP contribution in [-0.4, -0.2) is 17.6 Å². The van der Waals surface area contributed by atoms with E-state index in [0.717, 1.165) is 27.9 Å². The van der Waals surface area contributed by atoms with Crippen molar-refractivity contribution in [1.82, 2.24) is 4.98 Å². The number of carbonyl (C=O) groups is 1. The lowest BCUT2D eigenvalue weighted by Crippen LogP contribution is -2.09. The Morgan fingerprint density at radius 2 is 1.71 bits per heavy atom. The molecule has 0 atom stereocenters. The van der Waals surface area contributed by atoms with Gasteiger partial charge in [0.1, 0.15) is 0 Å². The highest BCUT2D eigenvalue weighted by Crippen LogP contribution is 2.27. The van der Waals surface area contributed by atoms with Crippen molar-refractivity contribution >= 4 is 5.97 Å². The smallest absolute Gasteiger partial charge is 0.357 e. The molecule has 0 unspecified atom stereocenters. The van der Waals surface area contributed by atoms with Gasteiger partial charge in [-0.3, -0.25) is 0 Å². The Balaban J connectivity index is 2.13. The van der Waals surface area contributed by atoms with Gasteiger partial charge in [0.15, 0.2) is 5.69 Å². The summed E-state index contributed by atoms with van der Waals surface area (Å²) in [6.07, 6.45) is 0. The molecule has 2 aromatic carbocycles. The molecule has 24 heavy (non-hydrogen) atoms. The van der Waals surface area contributed by atoms with Crippen molar-refractivity contribution in [2.24, 2.45) is 0 Å². The molecule has 0 saturated carbocycles. The molecule has 0 aliphatic rings. The largest absolute Gasteiger partial charge is 0.461 e. The third kappa shape index (κ3) is 3.35. The molecule has 0 fully saturated rings. The van der Waals surface area contributed by atoms with Crippen LogP contribution in [-0.2, 0) is 4.74 Å². The van der Waals surface area contributed by atoms with Crippen molar-refractivity contribution in [1.29, 1.82) is 0 Å². The van der Waals surface area contributed by atoms with Crippen LogP contribution in [0.2, 0.25) is 0 Å². The number of nitrogens with zero attached hydrogens (tertiary/aromatic N) is 1. The Hall–Kier alpha value is -2.94. The van der Waals surface area contributed by atoms with Gasteiger partial charge in [0, 0.05) is 11.1 Å². The van der Waals surface area contributed by atoms with Crippen molar-refractivity contribution in [2.45, 2.75) is 13.8 Å².